The van der Waals surface area contributed by atoms with Gasteiger partial charge in [-0.1, -0.05) is 25.7 Å². The molecule has 3 N–H and O–H groups in total. The third-order valence-corrected chi connectivity index (χ3v) is 4.37. The van der Waals surface area contributed by atoms with Crippen LogP contribution in [-0.4, -0.2) is 30.7 Å². The summed E-state index contributed by atoms with van der Waals surface area (Å²) in [5.74, 6) is -0.197. The molecular weight excluding hydrogens is 228 g/mol. The van der Waals surface area contributed by atoms with Gasteiger partial charge in [-0.05, 0) is 32.1 Å². The van der Waals surface area contributed by atoms with E-state index in [2.05, 4.69) is 5.32 Å². The van der Waals surface area contributed by atoms with E-state index in [4.69, 9.17) is 10.5 Å². The number of hydrogen-bond acceptors (Lipinski definition) is 3. The van der Waals surface area contributed by atoms with Crippen LogP contribution in [0.25, 0.3) is 0 Å². The summed E-state index contributed by atoms with van der Waals surface area (Å²) in [7, 11) is 0. The van der Waals surface area contributed by atoms with Crippen LogP contribution in [0.1, 0.15) is 57.8 Å². The Balaban J connectivity index is 2.01. The van der Waals surface area contributed by atoms with Gasteiger partial charge in [0.2, 0.25) is 5.91 Å². The van der Waals surface area contributed by atoms with Crippen molar-refractivity contribution in [3.05, 3.63) is 0 Å². The molecule has 1 saturated carbocycles. The molecular formula is C14H26N2O2. The van der Waals surface area contributed by atoms with Crippen molar-refractivity contribution >= 4 is 5.91 Å². The number of nitrogens with two attached hydrogens (primary N) is 1. The highest BCUT2D eigenvalue weighted by atomic mass is 16.5. The summed E-state index contributed by atoms with van der Waals surface area (Å²) in [6.45, 7) is 1.39. The van der Waals surface area contributed by atoms with Gasteiger partial charge >= 0.3 is 0 Å². The first-order chi connectivity index (χ1) is 8.73. The average molecular weight is 254 g/mol. The lowest BCUT2D eigenvalue weighted by Gasteiger charge is -2.34. The first-order valence-electron chi connectivity index (χ1n) is 7.38. The molecule has 1 aliphatic carbocycles. The van der Waals surface area contributed by atoms with Crippen molar-refractivity contribution in [1.29, 1.82) is 0 Å². The molecule has 0 aromatic rings. The van der Waals surface area contributed by atoms with E-state index in [0.717, 1.165) is 25.9 Å². The number of rotatable bonds is 3. The third-order valence-electron chi connectivity index (χ3n) is 4.37. The highest BCUT2D eigenvalue weighted by Gasteiger charge is 2.38. The highest BCUT2D eigenvalue weighted by Crippen LogP contribution is 2.25. The van der Waals surface area contributed by atoms with E-state index in [1.165, 1.54) is 38.5 Å². The summed E-state index contributed by atoms with van der Waals surface area (Å²) in [6.07, 6.45) is 9.99. The maximum absolute atomic E-state index is 11.9. The number of hydrogen-bond donors (Lipinski definition) is 2. The van der Waals surface area contributed by atoms with Crippen LogP contribution in [-0.2, 0) is 9.53 Å². The van der Waals surface area contributed by atoms with E-state index in [1.54, 1.807) is 0 Å². The topological polar surface area (TPSA) is 64.4 Å². The predicted octanol–water partition coefficient (Wildman–Crippen LogP) is 1.72. The van der Waals surface area contributed by atoms with Gasteiger partial charge < -0.3 is 15.8 Å². The number of primary amides is 1. The van der Waals surface area contributed by atoms with Crippen LogP contribution in [0.15, 0.2) is 0 Å². The molecule has 4 nitrogen and oxygen atoms in total. The minimum Gasteiger partial charge on any atom is -0.381 e. The lowest BCUT2D eigenvalue weighted by atomic mass is 9.88. The molecule has 0 aromatic carbocycles. The number of carbonyl (C=O) groups is 1. The van der Waals surface area contributed by atoms with Crippen molar-refractivity contribution in [3.63, 3.8) is 0 Å². The van der Waals surface area contributed by atoms with Crippen LogP contribution >= 0.6 is 0 Å². The van der Waals surface area contributed by atoms with Gasteiger partial charge in [-0.2, -0.15) is 0 Å². The van der Waals surface area contributed by atoms with Gasteiger partial charge in [0.25, 0.3) is 0 Å². The molecule has 1 amide bonds. The van der Waals surface area contributed by atoms with Gasteiger partial charge in [-0.15, -0.1) is 0 Å². The maximum Gasteiger partial charge on any atom is 0.237 e. The summed E-state index contributed by atoms with van der Waals surface area (Å²) in [6, 6.07) is 0.457. The summed E-state index contributed by atoms with van der Waals surface area (Å²) in [4.78, 5) is 11.9. The Bertz CT molecular complexity index is 265. The van der Waals surface area contributed by atoms with Gasteiger partial charge in [0.05, 0.1) is 0 Å². The second-order valence-electron chi connectivity index (χ2n) is 5.75. The molecule has 1 saturated heterocycles. The predicted molar refractivity (Wildman–Crippen MR) is 71.2 cm³/mol. The van der Waals surface area contributed by atoms with Crippen LogP contribution in [0.4, 0.5) is 0 Å². The van der Waals surface area contributed by atoms with Crippen LogP contribution in [0.3, 0.4) is 0 Å². The molecule has 2 aliphatic rings. The Kier molecular flexibility index (Phi) is 5.01. The van der Waals surface area contributed by atoms with Crippen molar-refractivity contribution < 1.29 is 9.53 Å². The summed E-state index contributed by atoms with van der Waals surface area (Å²) < 4.78 is 5.47. The Morgan fingerprint density at radius 2 is 1.78 bits per heavy atom. The van der Waals surface area contributed by atoms with Gasteiger partial charge in [0.1, 0.15) is 5.54 Å². The monoisotopic (exact) mass is 254 g/mol. The van der Waals surface area contributed by atoms with Gasteiger partial charge in [-0.25, -0.2) is 0 Å². The Labute approximate surface area is 110 Å². The van der Waals surface area contributed by atoms with Gasteiger partial charge in [0, 0.05) is 19.3 Å². The van der Waals surface area contributed by atoms with Gasteiger partial charge in [0.15, 0.2) is 0 Å². The number of ether oxygens (including phenoxy) is 1. The Morgan fingerprint density at radius 1 is 1.06 bits per heavy atom. The SMILES string of the molecule is NC(=O)C1(NC2CCCCCC2)CCCOCC1. The van der Waals surface area contributed by atoms with Crippen LogP contribution in [0.5, 0.6) is 0 Å². The third kappa shape index (κ3) is 3.45. The standard InChI is InChI=1S/C14H26N2O2/c15-13(17)14(8-5-10-18-11-9-14)16-12-6-3-1-2-4-7-12/h12,16H,1-11H2,(H2,15,17). The van der Waals surface area contributed by atoms with Crippen molar-refractivity contribution in [2.75, 3.05) is 13.2 Å². The lowest BCUT2D eigenvalue weighted by molar-refractivity contribution is -0.125. The molecule has 2 rings (SSSR count). The molecule has 2 fully saturated rings. The van der Waals surface area contributed by atoms with E-state index in [-0.39, 0.29) is 5.91 Å². The second kappa shape index (κ2) is 6.53. The van der Waals surface area contributed by atoms with Crippen molar-refractivity contribution in [2.45, 2.75) is 69.4 Å². The fourth-order valence-corrected chi connectivity index (χ4v) is 3.23. The summed E-state index contributed by atoms with van der Waals surface area (Å²) >= 11 is 0. The normalized spacial score (nSPS) is 31.6. The first-order valence-corrected chi connectivity index (χ1v) is 7.38. The Morgan fingerprint density at radius 3 is 2.44 bits per heavy atom. The lowest BCUT2D eigenvalue weighted by Crippen LogP contribution is -2.58. The Hall–Kier alpha value is -0.610. The minimum atomic E-state index is -0.522. The molecule has 1 atom stereocenters. The molecule has 0 spiro atoms. The molecule has 1 heterocycles. The number of nitrogens with one attached hydrogen (secondary N) is 1. The summed E-state index contributed by atoms with van der Waals surface area (Å²) in [5.41, 5.74) is 5.15. The number of carbonyl (C=O) groups excluding carboxylic acids is 1. The molecule has 4 heteroatoms. The quantitative estimate of drug-likeness (QED) is 0.754. The molecule has 0 aromatic heterocycles. The zero-order valence-electron chi connectivity index (χ0n) is 11.2. The fourth-order valence-electron chi connectivity index (χ4n) is 3.23. The minimum absolute atomic E-state index is 0.197. The van der Waals surface area contributed by atoms with Crippen LogP contribution < -0.4 is 11.1 Å². The fraction of sp³-hybridized carbons (Fsp3) is 0.929. The second-order valence-corrected chi connectivity index (χ2v) is 5.75. The zero-order valence-corrected chi connectivity index (χ0v) is 11.2. The highest BCUT2D eigenvalue weighted by molar-refractivity contribution is 5.84. The molecule has 104 valence electrons. The smallest absolute Gasteiger partial charge is 0.237 e. The van der Waals surface area contributed by atoms with Crippen LogP contribution in [0.2, 0.25) is 0 Å². The molecule has 0 radical (unpaired) electrons. The van der Waals surface area contributed by atoms with Gasteiger partial charge in [-0.3, -0.25) is 4.79 Å². The first kappa shape index (κ1) is 13.8. The molecule has 0 bridgehead atoms. The van der Waals surface area contributed by atoms with Crippen molar-refractivity contribution in [3.8, 4) is 0 Å². The van der Waals surface area contributed by atoms with Crippen LogP contribution in [0, 0.1) is 0 Å². The van der Waals surface area contributed by atoms with Crippen molar-refractivity contribution in [2.24, 2.45) is 5.73 Å². The van der Waals surface area contributed by atoms with E-state index >= 15 is 0 Å². The van der Waals surface area contributed by atoms with E-state index in [9.17, 15) is 4.79 Å². The van der Waals surface area contributed by atoms with E-state index in [1.807, 2.05) is 0 Å². The largest absolute Gasteiger partial charge is 0.381 e. The van der Waals surface area contributed by atoms with Crippen molar-refractivity contribution in [1.82, 2.24) is 5.32 Å². The van der Waals surface area contributed by atoms with E-state index < -0.39 is 5.54 Å². The number of amides is 1. The van der Waals surface area contributed by atoms with E-state index in [0.29, 0.717) is 12.6 Å². The average Bonchev–Trinajstić information content (AvgIpc) is 2.73. The maximum atomic E-state index is 11.9. The molecule has 1 unspecified atom stereocenters. The molecule has 1 aliphatic heterocycles. The zero-order chi connectivity index (χ0) is 12.8. The molecule has 18 heavy (non-hydrogen) atoms. The summed E-state index contributed by atoms with van der Waals surface area (Å²) in [5, 5.41) is 3.60.